The molecule has 8 fully saturated rings. The lowest BCUT2D eigenvalue weighted by Crippen LogP contribution is -2.95. The maximum Gasteiger partial charge on any atom is 0.333 e. The van der Waals surface area contributed by atoms with E-state index in [1.54, 1.807) is 13.0 Å². The highest BCUT2D eigenvalue weighted by Crippen LogP contribution is 2.61. The Kier molecular flexibility index (Phi) is 12.6. The highest BCUT2D eigenvalue weighted by Gasteiger charge is 2.67. The second kappa shape index (κ2) is 17.1. The van der Waals surface area contributed by atoms with Crippen molar-refractivity contribution in [3.05, 3.63) is 11.6 Å². The number of carbonyl (C=O) groups is 2. The molecule has 4 bridgehead atoms. The van der Waals surface area contributed by atoms with Crippen molar-refractivity contribution in [1.82, 2.24) is 5.32 Å². The topological polar surface area (TPSA) is 223 Å². The molecule has 0 aromatic heterocycles. The van der Waals surface area contributed by atoms with Gasteiger partial charge in [0.05, 0.1) is 55.8 Å². The molecule has 0 aromatic rings. The highest BCUT2D eigenvalue weighted by atomic mass is 16.6. The number of nitrogens with two attached hydrogens (primary N) is 3. The van der Waals surface area contributed by atoms with Crippen molar-refractivity contribution in [1.29, 1.82) is 0 Å². The molecule has 5 heterocycles. The number of hydrogen-bond donors (Lipinski definition) is 8. The minimum atomic E-state index is -1.11. The normalized spacial score (nSPS) is 51.6. The van der Waals surface area contributed by atoms with Crippen LogP contribution in [0.25, 0.3) is 0 Å². The molecule has 0 spiro atoms. The molecule has 18 unspecified atom stereocenters. The lowest BCUT2D eigenvalue weighted by atomic mass is 9.50. The Morgan fingerprint density at radius 3 is 2.44 bits per heavy atom. The average Bonchev–Trinajstić information content (AvgIpc) is 3.24. The third-order valence-electron chi connectivity index (χ3n) is 17.3. The van der Waals surface area contributed by atoms with Gasteiger partial charge in [-0.2, -0.15) is 0 Å². The number of quaternary nitrogens is 1. The molecule has 57 heavy (non-hydrogen) atoms. The third kappa shape index (κ3) is 7.71. The standard InChI is InChI=1S/C44H72N4O9/c1-4-21(2)43(54)56-33-17-30-39(53)37-32(52)16-27(19-49)55-41(37)38-36-28-11-12-47-42(46)35(28)24(7-6-23-8-9-26(51)15-29(23)31(36)20-50)14-25(44(33,3)57-40(30)38)13-22-5-10-34(45)48-18-22/h4,22-31,33-42,47-51,53H,5-20,45-46H2,1-3H3/p+1/t22?,23?,24?,25-,26?,27?,28?,29?,30?,31?,33+,34?,35?,36?,37?,38?,39?,40?,41?,42?,44+/m1/s1. The Labute approximate surface area is 338 Å². The van der Waals surface area contributed by atoms with E-state index in [9.17, 15) is 30.0 Å². The van der Waals surface area contributed by atoms with Crippen LogP contribution < -0.4 is 22.1 Å². The van der Waals surface area contributed by atoms with Gasteiger partial charge in [0, 0.05) is 42.8 Å². The molecular formula is C44H73N4O9+. The van der Waals surface area contributed by atoms with E-state index < -0.39 is 65.9 Å². The number of esters is 1. The smallest absolute Gasteiger partial charge is 0.333 e. The van der Waals surface area contributed by atoms with E-state index in [2.05, 4.69) is 17.6 Å². The summed E-state index contributed by atoms with van der Waals surface area (Å²) in [6, 6.07) is 0. The van der Waals surface area contributed by atoms with Gasteiger partial charge < -0.3 is 51.0 Å². The van der Waals surface area contributed by atoms with E-state index in [0.717, 1.165) is 70.9 Å². The fourth-order valence-electron chi connectivity index (χ4n) is 14.4. The summed E-state index contributed by atoms with van der Waals surface area (Å²) in [5.41, 5.74) is 13.2. The first-order valence-electron chi connectivity index (χ1n) is 22.7. The van der Waals surface area contributed by atoms with Gasteiger partial charge in [-0.3, -0.25) is 10.5 Å². The molecule has 5 aliphatic heterocycles. The average molecular weight is 802 g/mol. The van der Waals surface area contributed by atoms with Crippen LogP contribution in [0.5, 0.6) is 0 Å². The van der Waals surface area contributed by atoms with Crippen molar-refractivity contribution >= 4 is 11.8 Å². The SMILES string of the molecule is CC=C(C)C(=O)O[C@H]1CC2C(O)C3C(=O)CC(CO)OC3C3C2O[C@@]1(C)[C@H](CC1CCC(N)[NH2+]C1)CC1CCC2CCC(O)CC2C(CO)C3C2CCNC(N)C12. The van der Waals surface area contributed by atoms with Crippen LogP contribution in [-0.2, 0) is 23.8 Å². The lowest BCUT2D eigenvalue weighted by Gasteiger charge is -2.63. The number of hydrogen-bond acceptors (Lipinski definition) is 12. The number of rotatable bonds is 6. The zero-order chi connectivity index (χ0) is 40.3. The zero-order valence-electron chi connectivity index (χ0n) is 34.5. The van der Waals surface area contributed by atoms with Crippen LogP contribution >= 0.6 is 0 Å². The Bertz CT molecular complexity index is 1480. The first-order valence-corrected chi connectivity index (χ1v) is 22.7. The van der Waals surface area contributed by atoms with Crippen molar-refractivity contribution in [3.63, 3.8) is 0 Å². The van der Waals surface area contributed by atoms with Gasteiger partial charge in [0.1, 0.15) is 23.7 Å². The third-order valence-corrected chi connectivity index (χ3v) is 17.3. The molecule has 322 valence electrons. The summed E-state index contributed by atoms with van der Waals surface area (Å²) in [6.45, 7) is 6.96. The number of aliphatic hydroxyl groups excluding tert-OH is 4. The number of carbonyl (C=O) groups excluding carboxylic acids is 2. The largest absolute Gasteiger partial charge is 0.456 e. The zero-order valence-corrected chi connectivity index (χ0v) is 34.5. The van der Waals surface area contributed by atoms with Crippen LogP contribution in [0.4, 0.5) is 0 Å². The van der Waals surface area contributed by atoms with Crippen LogP contribution in [0.15, 0.2) is 11.6 Å². The molecule has 0 radical (unpaired) electrons. The molecule has 11 N–H and O–H groups in total. The fraction of sp³-hybridized carbons (Fsp3) is 0.909. The lowest BCUT2D eigenvalue weighted by molar-refractivity contribution is -0.703. The second-order valence-corrected chi connectivity index (χ2v) is 20.1. The molecule has 0 aromatic carbocycles. The Balaban J connectivity index is 1.34. The summed E-state index contributed by atoms with van der Waals surface area (Å²) in [6.07, 6.45) is 6.24. The van der Waals surface area contributed by atoms with E-state index in [-0.39, 0.29) is 79.2 Å². The van der Waals surface area contributed by atoms with Crippen LogP contribution in [0.3, 0.4) is 0 Å². The maximum absolute atomic E-state index is 14.3. The molecule has 8 aliphatic rings. The minimum Gasteiger partial charge on any atom is -0.456 e. The molecule has 21 atom stereocenters. The van der Waals surface area contributed by atoms with Crippen LogP contribution in [0.2, 0.25) is 0 Å². The summed E-state index contributed by atoms with van der Waals surface area (Å²) in [5, 5.41) is 52.0. The van der Waals surface area contributed by atoms with E-state index in [1.807, 2.05) is 6.92 Å². The van der Waals surface area contributed by atoms with E-state index >= 15 is 0 Å². The van der Waals surface area contributed by atoms with Crippen molar-refractivity contribution in [2.24, 2.45) is 82.5 Å². The minimum absolute atomic E-state index is 0.00829. The van der Waals surface area contributed by atoms with Crippen LogP contribution in [0, 0.1) is 71.0 Å². The van der Waals surface area contributed by atoms with E-state index in [1.165, 1.54) is 0 Å². The Morgan fingerprint density at radius 1 is 0.947 bits per heavy atom. The van der Waals surface area contributed by atoms with Gasteiger partial charge in [-0.05, 0) is 139 Å². The van der Waals surface area contributed by atoms with Crippen molar-refractivity contribution in [2.75, 3.05) is 26.3 Å². The Hall–Kier alpha value is -1.52. The molecule has 13 heteroatoms. The van der Waals surface area contributed by atoms with Crippen LogP contribution in [-0.4, -0.2) is 113 Å². The van der Waals surface area contributed by atoms with Gasteiger partial charge in [-0.1, -0.05) is 6.08 Å². The monoisotopic (exact) mass is 802 g/mol. The van der Waals surface area contributed by atoms with Gasteiger partial charge in [0.15, 0.2) is 0 Å². The molecule has 0 amide bonds. The summed E-state index contributed by atoms with van der Waals surface area (Å²) < 4.78 is 21.2. The van der Waals surface area contributed by atoms with Gasteiger partial charge in [0.25, 0.3) is 0 Å². The maximum atomic E-state index is 14.3. The molecule has 3 saturated carbocycles. The van der Waals surface area contributed by atoms with E-state index in [0.29, 0.717) is 30.3 Å². The number of allylic oxidation sites excluding steroid dienone is 1. The van der Waals surface area contributed by atoms with Gasteiger partial charge in [-0.25, -0.2) is 4.79 Å². The first-order chi connectivity index (χ1) is 27.4. The number of nitrogens with one attached hydrogen (secondary N) is 1. The summed E-state index contributed by atoms with van der Waals surface area (Å²) in [5.74, 6) is -1.79. The number of aliphatic hydroxyl groups is 4. The molecular weight excluding hydrogens is 729 g/mol. The molecule has 3 aliphatic carbocycles. The summed E-state index contributed by atoms with van der Waals surface area (Å²) in [4.78, 5) is 28.1. The molecule has 8 rings (SSSR count). The first kappa shape index (κ1) is 42.2. The van der Waals surface area contributed by atoms with Gasteiger partial charge in [-0.15, -0.1) is 0 Å². The van der Waals surface area contributed by atoms with Crippen molar-refractivity contribution in [2.45, 2.75) is 152 Å². The van der Waals surface area contributed by atoms with E-state index in [4.69, 9.17) is 25.7 Å². The second-order valence-electron chi connectivity index (χ2n) is 20.1. The summed E-state index contributed by atoms with van der Waals surface area (Å²) in [7, 11) is 0. The Morgan fingerprint density at radius 2 is 1.72 bits per heavy atom. The molecule has 5 saturated heterocycles. The van der Waals surface area contributed by atoms with Crippen molar-refractivity contribution < 1.29 is 49.5 Å². The van der Waals surface area contributed by atoms with Crippen molar-refractivity contribution in [3.8, 4) is 0 Å². The predicted octanol–water partition coefficient (Wildman–Crippen LogP) is 0.945. The fourth-order valence-corrected chi connectivity index (χ4v) is 14.4. The quantitative estimate of drug-likeness (QED) is 0.139. The number of fused-ring (bicyclic) bond motifs is 5. The predicted molar refractivity (Wildman–Crippen MR) is 210 cm³/mol. The van der Waals surface area contributed by atoms with Gasteiger partial charge >= 0.3 is 5.97 Å². The number of ether oxygens (including phenoxy) is 3. The summed E-state index contributed by atoms with van der Waals surface area (Å²) >= 11 is 0. The van der Waals surface area contributed by atoms with Crippen LogP contribution in [0.1, 0.15) is 97.8 Å². The number of Topliss-reactive ketones (excluding diaryl/α,β-unsaturated/α-hetero) is 1. The van der Waals surface area contributed by atoms with Gasteiger partial charge in [0.2, 0.25) is 0 Å². The number of piperidine rings is 2. The highest BCUT2D eigenvalue weighted by molar-refractivity contribution is 5.87. The molecule has 13 nitrogen and oxygen atoms in total. The number of ketones is 1.